The molecule has 1 aliphatic rings. The first kappa shape index (κ1) is 20.8. The van der Waals surface area contributed by atoms with Crippen LogP contribution in [0.1, 0.15) is 15.9 Å². The number of nitrogens with zero attached hydrogens (tertiary/aromatic N) is 2. The fourth-order valence-electron chi connectivity index (χ4n) is 3.60. The van der Waals surface area contributed by atoms with Crippen LogP contribution in [0.5, 0.6) is 0 Å². The zero-order valence-electron chi connectivity index (χ0n) is 16.3. The SMILES string of the molecule is NCc1ccc(C(=O)N2CCN(S(=O)(=O)c3ccc4cc(Cl)ccc4c3)CC2)cc1. The summed E-state index contributed by atoms with van der Waals surface area (Å²) in [5.74, 6) is -0.0989. The van der Waals surface area contributed by atoms with Crippen molar-refractivity contribution in [3.63, 3.8) is 0 Å². The summed E-state index contributed by atoms with van der Waals surface area (Å²) in [6.07, 6.45) is 0. The number of carbonyl (C=O) groups is 1. The van der Waals surface area contributed by atoms with Gasteiger partial charge in [0.15, 0.2) is 0 Å². The lowest BCUT2D eigenvalue weighted by atomic mass is 10.1. The number of benzene rings is 3. The molecule has 1 aliphatic heterocycles. The molecular formula is C22H22ClN3O3S. The Bertz CT molecular complexity index is 1190. The molecule has 0 saturated carbocycles. The second-order valence-corrected chi connectivity index (χ2v) is 9.62. The van der Waals surface area contributed by atoms with E-state index in [0.29, 0.717) is 30.2 Å². The third kappa shape index (κ3) is 4.06. The van der Waals surface area contributed by atoms with Crippen molar-refractivity contribution in [2.75, 3.05) is 26.2 Å². The highest BCUT2D eigenvalue weighted by molar-refractivity contribution is 7.89. The predicted octanol–water partition coefficient (Wildman–Crippen LogP) is 3.10. The van der Waals surface area contributed by atoms with Gasteiger partial charge in [0.05, 0.1) is 4.90 Å². The van der Waals surface area contributed by atoms with Gasteiger partial charge in [0.25, 0.3) is 5.91 Å². The molecule has 0 radical (unpaired) electrons. The number of hydrogen-bond donors (Lipinski definition) is 1. The normalized spacial score (nSPS) is 15.5. The van der Waals surface area contributed by atoms with E-state index in [2.05, 4.69) is 0 Å². The molecule has 0 spiro atoms. The van der Waals surface area contributed by atoms with Crippen LogP contribution < -0.4 is 5.73 Å². The number of hydrogen-bond acceptors (Lipinski definition) is 4. The molecule has 0 aliphatic carbocycles. The van der Waals surface area contributed by atoms with Gasteiger partial charge in [-0.2, -0.15) is 4.31 Å². The zero-order chi connectivity index (χ0) is 21.3. The maximum atomic E-state index is 13.1. The van der Waals surface area contributed by atoms with Gasteiger partial charge in [0.2, 0.25) is 10.0 Å². The van der Waals surface area contributed by atoms with E-state index in [1.807, 2.05) is 18.2 Å². The van der Waals surface area contributed by atoms with E-state index in [1.54, 1.807) is 47.4 Å². The Morgan fingerprint density at radius 1 is 0.900 bits per heavy atom. The third-order valence-electron chi connectivity index (χ3n) is 5.37. The second-order valence-electron chi connectivity index (χ2n) is 7.25. The Morgan fingerprint density at radius 3 is 2.20 bits per heavy atom. The molecule has 2 N–H and O–H groups in total. The number of carbonyl (C=O) groups excluding carboxylic acids is 1. The Hall–Kier alpha value is -2.45. The average Bonchev–Trinajstić information content (AvgIpc) is 2.78. The summed E-state index contributed by atoms with van der Waals surface area (Å²) in [5.41, 5.74) is 7.14. The number of piperazine rings is 1. The number of rotatable bonds is 4. The Kier molecular flexibility index (Phi) is 5.79. The summed E-state index contributed by atoms with van der Waals surface area (Å²) in [7, 11) is -3.64. The van der Waals surface area contributed by atoms with E-state index >= 15 is 0 Å². The fourth-order valence-corrected chi connectivity index (χ4v) is 5.24. The summed E-state index contributed by atoms with van der Waals surface area (Å²) in [6, 6.07) is 17.6. The number of nitrogens with two attached hydrogens (primary N) is 1. The van der Waals surface area contributed by atoms with E-state index in [-0.39, 0.29) is 23.9 Å². The first-order chi connectivity index (χ1) is 14.4. The Morgan fingerprint density at radius 2 is 1.53 bits per heavy atom. The van der Waals surface area contributed by atoms with Gasteiger partial charge in [0.1, 0.15) is 0 Å². The minimum absolute atomic E-state index is 0.0989. The average molecular weight is 444 g/mol. The van der Waals surface area contributed by atoms with E-state index in [1.165, 1.54) is 4.31 Å². The van der Waals surface area contributed by atoms with E-state index < -0.39 is 10.0 Å². The number of amides is 1. The highest BCUT2D eigenvalue weighted by Crippen LogP contribution is 2.25. The van der Waals surface area contributed by atoms with Gasteiger partial charge in [-0.15, -0.1) is 0 Å². The van der Waals surface area contributed by atoms with E-state index in [9.17, 15) is 13.2 Å². The molecule has 8 heteroatoms. The molecule has 1 fully saturated rings. The van der Waals surface area contributed by atoms with Crippen LogP contribution in [0.4, 0.5) is 0 Å². The molecule has 0 atom stereocenters. The largest absolute Gasteiger partial charge is 0.336 e. The number of sulfonamides is 1. The molecular weight excluding hydrogens is 422 g/mol. The monoisotopic (exact) mass is 443 g/mol. The van der Waals surface area contributed by atoms with Gasteiger partial charge < -0.3 is 10.6 Å². The van der Waals surface area contributed by atoms with Crippen LogP contribution in [0.3, 0.4) is 0 Å². The first-order valence-electron chi connectivity index (χ1n) is 9.66. The summed E-state index contributed by atoms with van der Waals surface area (Å²) in [6.45, 7) is 1.63. The first-order valence-corrected chi connectivity index (χ1v) is 11.5. The molecule has 1 heterocycles. The third-order valence-corrected chi connectivity index (χ3v) is 7.50. The summed E-state index contributed by atoms with van der Waals surface area (Å²) < 4.78 is 27.6. The molecule has 4 rings (SSSR count). The van der Waals surface area contributed by atoms with Gasteiger partial charge >= 0.3 is 0 Å². The van der Waals surface area contributed by atoms with E-state index in [0.717, 1.165) is 16.3 Å². The smallest absolute Gasteiger partial charge is 0.253 e. The molecule has 3 aromatic rings. The van der Waals surface area contributed by atoms with Gasteiger partial charge in [-0.05, 0) is 52.7 Å². The number of fused-ring (bicyclic) bond motifs is 1. The van der Waals surface area contributed by atoms with E-state index in [4.69, 9.17) is 17.3 Å². The lowest BCUT2D eigenvalue weighted by molar-refractivity contribution is 0.0698. The molecule has 1 saturated heterocycles. The second kappa shape index (κ2) is 8.35. The molecule has 0 unspecified atom stereocenters. The molecule has 156 valence electrons. The van der Waals surface area contributed by atoms with Crippen molar-refractivity contribution < 1.29 is 13.2 Å². The van der Waals surface area contributed by atoms with Crippen molar-refractivity contribution >= 4 is 38.3 Å². The lowest BCUT2D eigenvalue weighted by Crippen LogP contribution is -2.50. The van der Waals surface area contributed by atoms with Crippen LogP contribution in [0, 0.1) is 0 Å². The van der Waals surface area contributed by atoms with Crippen LogP contribution in [0.2, 0.25) is 5.02 Å². The zero-order valence-corrected chi connectivity index (χ0v) is 17.9. The highest BCUT2D eigenvalue weighted by atomic mass is 35.5. The fraction of sp³-hybridized carbons (Fsp3) is 0.227. The van der Waals surface area contributed by atoms with Crippen LogP contribution >= 0.6 is 11.6 Å². The Labute approximate surface area is 180 Å². The minimum Gasteiger partial charge on any atom is -0.336 e. The molecule has 0 aromatic heterocycles. The van der Waals surface area contributed by atoms with Crippen molar-refractivity contribution in [3.8, 4) is 0 Å². The van der Waals surface area contributed by atoms with Crippen molar-refractivity contribution in [3.05, 3.63) is 76.8 Å². The van der Waals surface area contributed by atoms with Crippen LogP contribution in [0.25, 0.3) is 10.8 Å². The molecule has 3 aromatic carbocycles. The standard InChI is InChI=1S/C22H22ClN3O3S/c23-20-7-5-19-14-21(8-6-18(19)13-20)30(28,29)26-11-9-25(10-12-26)22(27)17-3-1-16(15-24)2-4-17/h1-8,13-14H,9-12,15,24H2. The van der Waals surface area contributed by atoms with Gasteiger partial charge in [-0.3, -0.25) is 4.79 Å². The number of halogens is 1. The van der Waals surface area contributed by atoms with Crippen molar-refractivity contribution in [2.45, 2.75) is 11.4 Å². The van der Waals surface area contributed by atoms with Crippen LogP contribution in [-0.2, 0) is 16.6 Å². The minimum atomic E-state index is -3.64. The lowest BCUT2D eigenvalue weighted by Gasteiger charge is -2.34. The molecule has 0 bridgehead atoms. The van der Waals surface area contributed by atoms with Crippen molar-refractivity contribution in [1.29, 1.82) is 0 Å². The molecule has 1 amide bonds. The maximum Gasteiger partial charge on any atom is 0.253 e. The summed E-state index contributed by atoms with van der Waals surface area (Å²) in [4.78, 5) is 14.6. The Balaban J connectivity index is 1.47. The van der Waals surface area contributed by atoms with Gasteiger partial charge in [-0.1, -0.05) is 35.9 Å². The van der Waals surface area contributed by atoms with Crippen molar-refractivity contribution in [1.82, 2.24) is 9.21 Å². The van der Waals surface area contributed by atoms with Gasteiger partial charge in [-0.25, -0.2) is 8.42 Å². The van der Waals surface area contributed by atoms with Gasteiger partial charge in [0, 0.05) is 43.3 Å². The molecule has 30 heavy (non-hydrogen) atoms. The quantitative estimate of drug-likeness (QED) is 0.671. The maximum absolute atomic E-state index is 13.1. The summed E-state index contributed by atoms with van der Waals surface area (Å²) >= 11 is 6.00. The predicted molar refractivity (Wildman–Crippen MR) is 118 cm³/mol. The molecule has 6 nitrogen and oxygen atoms in total. The summed E-state index contributed by atoms with van der Waals surface area (Å²) in [5, 5.41) is 2.31. The van der Waals surface area contributed by atoms with Crippen molar-refractivity contribution in [2.24, 2.45) is 5.73 Å². The van der Waals surface area contributed by atoms with Crippen LogP contribution in [-0.4, -0.2) is 49.7 Å². The highest BCUT2D eigenvalue weighted by Gasteiger charge is 2.30. The topological polar surface area (TPSA) is 83.7 Å². The van der Waals surface area contributed by atoms with Crippen LogP contribution in [0.15, 0.2) is 65.6 Å².